The minimum atomic E-state index is -4.10. The van der Waals surface area contributed by atoms with Crippen LogP contribution in [0.2, 0.25) is 0 Å². The van der Waals surface area contributed by atoms with E-state index in [1.165, 1.54) is 24.1 Å². The van der Waals surface area contributed by atoms with Crippen molar-refractivity contribution in [2.75, 3.05) is 25.0 Å². The standard InChI is InChI=1S/C27H30BrN3O5S/c1-19-8-14-25(15-9-19)37(34,35)31(23-12-10-22(28)11-13-23)18-26(32)30(20(2)27(33)29-3)17-21-6-5-7-24(16-21)36-4/h5-16,20H,17-18H2,1-4H3,(H,29,33). The molecule has 10 heteroatoms. The van der Waals surface area contributed by atoms with Crippen molar-refractivity contribution in [3.8, 4) is 5.75 Å². The third-order valence-electron chi connectivity index (χ3n) is 5.90. The van der Waals surface area contributed by atoms with E-state index in [9.17, 15) is 18.0 Å². The van der Waals surface area contributed by atoms with Crippen molar-refractivity contribution in [3.05, 3.63) is 88.4 Å². The molecule has 1 N–H and O–H groups in total. The van der Waals surface area contributed by atoms with Gasteiger partial charge in [-0.25, -0.2) is 8.42 Å². The molecule has 1 atom stereocenters. The topological polar surface area (TPSA) is 96.0 Å². The van der Waals surface area contributed by atoms with Crippen molar-refractivity contribution in [2.45, 2.75) is 31.3 Å². The lowest BCUT2D eigenvalue weighted by molar-refractivity contribution is -0.139. The molecule has 0 aliphatic carbocycles. The molecule has 0 radical (unpaired) electrons. The van der Waals surface area contributed by atoms with Crippen molar-refractivity contribution in [1.29, 1.82) is 0 Å². The van der Waals surface area contributed by atoms with Crippen molar-refractivity contribution >= 4 is 43.5 Å². The van der Waals surface area contributed by atoms with E-state index in [4.69, 9.17) is 4.74 Å². The largest absolute Gasteiger partial charge is 0.497 e. The molecule has 0 fully saturated rings. The first-order valence-corrected chi connectivity index (χ1v) is 13.8. The highest BCUT2D eigenvalue weighted by molar-refractivity contribution is 9.10. The molecule has 0 aliphatic rings. The maximum absolute atomic E-state index is 13.7. The number of ether oxygens (including phenoxy) is 1. The van der Waals surface area contributed by atoms with Crippen molar-refractivity contribution in [3.63, 3.8) is 0 Å². The fourth-order valence-electron chi connectivity index (χ4n) is 3.73. The molecule has 196 valence electrons. The van der Waals surface area contributed by atoms with E-state index >= 15 is 0 Å². The van der Waals surface area contributed by atoms with E-state index in [1.807, 2.05) is 13.0 Å². The normalized spacial score (nSPS) is 11.9. The van der Waals surface area contributed by atoms with Crippen LogP contribution in [0.4, 0.5) is 5.69 Å². The number of nitrogens with zero attached hydrogens (tertiary/aromatic N) is 2. The number of carbonyl (C=O) groups is 2. The number of amides is 2. The molecular weight excluding hydrogens is 558 g/mol. The number of carbonyl (C=O) groups excluding carboxylic acids is 2. The number of benzene rings is 3. The molecule has 0 saturated carbocycles. The molecule has 3 aromatic rings. The zero-order valence-electron chi connectivity index (χ0n) is 21.1. The van der Waals surface area contributed by atoms with Crippen molar-refractivity contribution in [2.24, 2.45) is 0 Å². The molecule has 8 nitrogen and oxygen atoms in total. The maximum atomic E-state index is 13.7. The predicted octanol–water partition coefficient (Wildman–Crippen LogP) is 4.12. The lowest BCUT2D eigenvalue weighted by atomic mass is 10.1. The molecular formula is C27H30BrN3O5S. The molecule has 37 heavy (non-hydrogen) atoms. The molecule has 3 rings (SSSR count). The lowest BCUT2D eigenvalue weighted by Gasteiger charge is -2.31. The van der Waals surface area contributed by atoms with Gasteiger partial charge in [-0.2, -0.15) is 0 Å². The Morgan fingerprint density at radius 1 is 1.03 bits per heavy atom. The Labute approximate surface area is 226 Å². The minimum absolute atomic E-state index is 0.0625. The van der Waals surface area contributed by atoms with Gasteiger partial charge in [0.15, 0.2) is 0 Å². The predicted molar refractivity (Wildman–Crippen MR) is 147 cm³/mol. The number of hydrogen-bond donors (Lipinski definition) is 1. The second kappa shape index (κ2) is 12.2. The Hall–Kier alpha value is -3.37. The number of rotatable bonds is 10. The zero-order valence-corrected chi connectivity index (χ0v) is 23.5. The fourth-order valence-corrected chi connectivity index (χ4v) is 5.41. The van der Waals surface area contributed by atoms with Crippen LogP contribution in [0.3, 0.4) is 0 Å². The average molecular weight is 589 g/mol. The van der Waals surface area contributed by atoms with Gasteiger partial charge in [0, 0.05) is 18.1 Å². The smallest absolute Gasteiger partial charge is 0.264 e. The van der Waals surface area contributed by atoms with Crippen LogP contribution in [0, 0.1) is 6.92 Å². The summed E-state index contributed by atoms with van der Waals surface area (Å²) in [6, 6.07) is 19.4. The van der Waals surface area contributed by atoms with E-state index in [0.29, 0.717) is 11.4 Å². The molecule has 0 aliphatic heterocycles. The summed E-state index contributed by atoms with van der Waals surface area (Å²) in [5, 5.41) is 2.57. The molecule has 0 spiro atoms. The van der Waals surface area contributed by atoms with Gasteiger partial charge in [0.25, 0.3) is 10.0 Å². The minimum Gasteiger partial charge on any atom is -0.497 e. The fraction of sp³-hybridized carbons (Fsp3) is 0.259. The molecule has 3 aromatic carbocycles. The summed E-state index contributed by atoms with van der Waals surface area (Å²) in [5.74, 6) is -0.290. The van der Waals surface area contributed by atoms with Gasteiger partial charge in [-0.1, -0.05) is 45.8 Å². The Morgan fingerprint density at radius 2 is 1.68 bits per heavy atom. The summed E-state index contributed by atoms with van der Waals surface area (Å²) in [5.41, 5.74) is 1.97. The molecule has 1 unspecified atom stereocenters. The second-order valence-electron chi connectivity index (χ2n) is 8.46. The van der Waals surface area contributed by atoms with Crippen LogP contribution in [-0.4, -0.2) is 51.9 Å². The average Bonchev–Trinajstić information content (AvgIpc) is 2.90. The van der Waals surface area contributed by atoms with Crippen LogP contribution in [-0.2, 0) is 26.2 Å². The van der Waals surface area contributed by atoms with Gasteiger partial charge in [0.2, 0.25) is 11.8 Å². The number of likely N-dealkylation sites (N-methyl/N-ethyl adjacent to an activating group) is 1. The Morgan fingerprint density at radius 3 is 2.27 bits per heavy atom. The summed E-state index contributed by atoms with van der Waals surface area (Å²) in [6.07, 6.45) is 0. The first-order chi connectivity index (χ1) is 17.6. The van der Waals surface area contributed by atoms with Gasteiger partial charge < -0.3 is 15.0 Å². The summed E-state index contributed by atoms with van der Waals surface area (Å²) in [4.78, 5) is 27.7. The quantitative estimate of drug-likeness (QED) is 0.385. The van der Waals surface area contributed by atoms with Gasteiger partial charge in [0.05, 0.1) is 17.7 Å². The number of halogens is 1. The molecule has 0 saturated heterocycles. The van der Waals surface area contributed by atoms with E-state index in [0.717, 1.165) is 19.9 Å². The van der Waals surface area contributed by atoms with Crippen LogP contribution in [0.5, 0.6) is 5.75 Å². The maximum Gasteiger partial charge on any atom is 0.264 e. The monoisotopic (exact) mass is 587 g/mol. The molecule has 2 amide bonds. The number of anilines is 1. The zero-order chi connectivity index (χ0) is 27.2. The third-order valence-corrected chi connectivity index (χ3v) is 8.22. The van der Waals surface area contributed by atoms with Gasteiger partial charge in [-0.05, 0) is 67.9 Å². The highest BCUT2D eigenvalue weighted by atomic mass is 79.9. The Bertz CT molecular complexity index is 1350. The van der Waals surface area contributed by atoms with E-state index in [1.54, 1.807) is 68.6 Å². The van der Waals surface area contributed by atoms with Crippen LogP contribution < -0.4 is 14.4 Å². The second-order valence-corrected chi connectivity index (χ2v) is 11.2. The number of nitrogens with one attached hydrogen (secondary N) is 1. The van der Waals surface area contributed by atoms with Crippen molar-refractivity contribution < 1.29 is 22.7 Å². The van der Waals surface area contributed by atoms with Gasteiger partial charge in [0.1, 0.15) is 18.3 Å². The van der Waals surface area contributed by atoms with Crippen LogP contribution in [0.1, 0.15) is 18.1 Å². The Balaban J connectivity index is 2.02. The number of sulfonamides is 1. The van der Waals surface area contributed by atoms with E-state index in [-0.39, 0.29) is 17.3 Å². The first kappa shape index (κ1) is 28.2. The van der Waals surface area contributed by atoms with Gasteiger partial charge in [-0.3, -0.25) is 13.9 Å². The number of aryl methyl sites for hydroxylation is 1. The van der Waals surface area contributed by atoms with Gasteiger partial charge in [-0.15, -0.1) is 0 Å². The third kappa shape index (κ3) is 6.90. The SMILES string of the molecule is CNC(=O)C(C)N(Cc1cccc(OC)c1)C(=O)CN(c1ccc(Br)cc1)S(=O)(=O)c1ccc(C)cc1. The van der Waals surface area contributed by atoms with Crippen LogP contribution >= 0.6 is 15.9 Å². The molecule has 0 heterocycles. The van der Waals surface area contributed by atoms with Crippen molar-refractivity contribution in [1.82, 2.24) is 10.2 Å². The lowest BCUT2D eigenvalue weighted by Crippen LogP contribution is -2.50. The number of hydrogen-bond acceptors (Lipinski definition) is 5. The first-order valence-electron chi connectivity index (χ1n) is 11.6. The highest BCUT2D eigenvalue weighted by Crippen LogP contribution is 2.26. The van der Waals surface area contributed by atoms with Crippen LogP contribution in [0.15, 0.2) is 82.2 Å². The van der Waals surface area contributed by atoms with E-state index < -0.39 is 28.5 Å². The Kier molecular flexibility index (Phi) is 9.34. The molecule has 0 aromatic heterocycles. The van der Waals surface area contributed by atoms with E-state index in [2.05, 4.69) is 21.2 Å². The highest BCUT2D eigenvalue weighted by Gasteiger charge is 2.32. The molecule has 0 bridgehead atoms. The van der Waals surface area contributed by atoms with Crippen LogP contribution in [0.25, 0.3) is 0 Å². The summed E-state index contributed by atoms with van der Waals surface area (Å²) >= 11 is 3.37. The van der Waals surface area contributed by atoms with Gasteiger partial charge >= 0.3 is 0 Å². The number of methoxy groups -OCH3 is 1. The summed E-state index contributed by atoms with van der Waals surface area (Å²) < 4.78 is 34.6. The summed E-state index contributed by atoms with van der Waals surface area (Å²) in [6.45, 7) is 3.06. The summed E-state index contributed by atoms with van der Waals surface area (Å²) in [7, 11) is -1.07.